The fraction of sp³-hybridized carbons (Fsp3) is 0.846. The first-order valence-electron chi connectivity index (χ1n) is 6.80. The minimum absolute atomic E-state index is 0.0968. The Morgan fingerprint density at radius 2 is 1.90 bits per heavy atom. The largest absolute Gasteiger partial charge is 0.479 e. The molecule has 0 aliphatic rings. The highest BCUT2D eigenvalue weighted by Gasteiger charge is 2.25. The SMILES string of the molecule is CCCCOC(CC(F)C(=O)OCC)SC(=S)OCC. The second-order valence-electron chi connectivity index (χ2n) is 3.91. The summed E-state index contributed by atoms with van der Waals surface area (Å²) in [5, 5.41) is 0. The number of carbonyl (C=O) groups excluding carboxylic acids is 1. The van der Waals surface area contributed by atoms with Crippen molar-refractivity contribution in [3.63, 3.8) is 0 Å². The zero-order valence-electron chi connectivity index (χ0n) is 12.2. The molecule has 0 aromatic rings. The van der Waals surface area contributed by atoms with Crippen molar-refractivity contribution in [2.75, 3.05) is 19.8 Å². The Bertz CT molecular complexity index is 290. The highest BCUT2D eigenvalue weighted by atomic mass is 32.2. The molecule has 0 radical (unpaired) electrons. The van der Waals surface area contributed by atoms with Crippen LogP contribution in [0, 0.1) is 0 Å². The molecule has 0 amide bonds. The minimum Gasteiger partial charge on any atom is -0.479 e. The highest BCUT2D eigenvalue weighted by molar-refractivity contribution is 8.22. The summed E-state index contributed by atoms with van der Waals surface area (Å²) in [6.45, 7) is 6.59. The van der Waals surface area contributed by atoms with E-state index in [0.717, 1.165) is 24.6 Å². The third-order valence-electron chi connectivity index (χ3n) is 2.23. The summed E-state index contributed by atoms with van der Waals surface area (Å²) >= 11 is 6.12. The van der Waals surface area contributed by atoms with Crippen LogP contribution in [0.1, 0.15) is 40.0 Å². The molecule has 0 bridgehead atoms. The lowest BCUT2D eigenvalue weighted by Gasteiger charge is -2.19. The van der Waals surface area contributed by atoms with E-state index in [1.807, 2.05) is 13.8 Å². The van der Waals surface area contributed by atoms with E-state index in [4.69, 9.17) is 21.7 Å². The number of thioether (sulfide) groups is 1. The van der Waals surface area contributed by atoms with E-state index in [0.29, 0.717) is 17.6 Å². The maximum atomic E-state index is 13.7. The second-order valence-corrected chi connectivity index (χ2v) is 5.67. The van der Waals surface area contributed by atoms with Gasteiger partial charge < -0.3 is 14.2 Å². The van der Waals surface area contributed by atoms with Crippen LogP contribution < -0.4 is 0 Å². The number of unbranched alkanes of at least 4 members (excludes halogenated alkanes) is 1. The standard InChI is InChI=1S/C13H23FO4S2/c1-4-7-8-18-11(20-13(19)17-6-3)9-10(14)12(15)16-5-2/h10-11H,4-9H2,1-3H3. The molecule has 0 rings (SSSR count). The maximum absolute atomic E-state index is 13.7. The van der Waals surface area contributed by atoms with E-state index in [2.05, 4.69) is 4.74 Å². The van der Waals surface area contributed by atoms with E-state index in [1.165, 1.54) is 0 Å². The predicted molar refractivity (Wildman–Crippen MR) is 82.6 cm³/mol. The topological polar surface area (TPSA) is 44.8 Å². The Labute approximate surface area is 129 Å². The lowest BCUT2D eigenvalue weighted by Crippen LogP contribution is -2.25. The third kappa shape index (κ3) is 9.50. The van der Waals surface area contributed by atoms with Gasteiger partial charge >= 0.3 is 5.97 Å². The Hall–Kier alpha value is -0.400. The predicted octanol–water partition coefficient (Wildman–Crippen LogP) is 3.48. The molecule has 0 aliphatic heterocycles. The summed E-state index contributed by atoms with van der Waals surface area (Å²) in [6, 6.07) is 0. The molecule has 0 fully saturated rings. The minimum atomic E-state index is -1.71. The molecule has 0 aliphatic carbocycles. The van der Waals surface area contributed by atoms with E-state index in [1.54, 1.807) is 6.92 Å². The van der Waals surface area contributed by atoms with Crippen LogP contribution in [0.25, 0.3) is 0 Å². The van der Waals surface area contributed by atoms with Gasteiger partial charge in [0.15, 0.2) is 0 Å². The first kappa shape index (κ1) is 19.6. The van der Waals surface area contributed by atoms with Crippen molar-refractivity contribution < 1.29 is 23.4 Å². The Balaban J connectivity index is 4.34. The van der Waals surface area contributed by atoms with Crippen molar-refractivity contribution in [3.05, 3.63) is 0 Å². The van der Waals surface area contributed by atoms with Crippen LogP contribution in [0.5, 0.6) is 0 Å². The molecule has 20 heavy (non-hydrogen) atoms. The van der Waals surface area contributed by atoms with Gasteiger partial charge in [-0.3, -0.25) is 0 Å². The first-order valence-corrected chi connectivity index (χ1v) is 8.09. The summed E-state index contributed by atoms with van der Waals surface area (Å²) < 4.78 is 29.4. The van der Waals surface area contributed by atoms with E-state index < -0.39 is 17.6 Å². The molecule has 0 saturated carbocycles. The van der Waals surface area contributed by atoms with Gasteiger partial charge in [-0.15, -0.1) is 0 Å². The quantitative estimate of drug-likeness (QED) is 0.265. The van der Waals surface area contributed by atoms with Crippen molar-refractivity contribution in [1.29, 1.82) is 0 Å². The molecule has 2 unspecified atom stereocenters. The summed E-state index contributed by atoms with van der Waals surface area (Å²) in [6.07, 6.45) is 0.0398. The van der Waals surface area contributed by atoms with E-state index >= 15 is 0 Å². The molecule has 0 saturated heterocycles. The molecule has 0 spiro atoms. The van der Waals surface area contributed by atoms with Gasteiger partial charge in [0.1, 0.15) is 5.44 Å². The lowest BCUT2D eigenvalue weighted by atomic mass is 10.3. The van der Waals surface area contributed by atoms with Crippen LogP contribution >= 0.6 is 24.0 Å². The number of hydrogen-bond donors (Lipinski definition) is 0. The number of alkyl halides is 1. The monoisotopic (exact) mass is 326 g/mol. The Kier molecular flexibility index (Phi) is 12.1. The van der Waals surface area contributed by atoms with Gasteiger partial charge in [-0.2, -0.15) is 0 Å². The average molecular weight is 326 g/mol. The van der Waals surface area contributed by atoms with Crippen LogP contribution in [-0.2, 0) is 19.0 Å². The van der Waals surface area contributed by atoms with Gasteiger partial charge in [-0.1, -0.05) is 13.3 Å². The third-order valence-corrected chi connectivity index (χ3v) is 3.54. The van der Waals surface area contributed by atoms with E-state index in [-0.39, 0.29) is 13.0 Å². The normalized spacial score (nSPS) is 13.6. The second kappa shape index (κ2) is 12.3. The van der Waals surface area contributed by atoms with Crippen molar-refractivity contribution in [1.82, 2.24) is 0 Å². The lowest BCUT2D eigenvalue weighted by molar-refractivity contribution is -0.150. The zero-order chi connectivity index (χ0) is 15.4. The van der Waals surface area contributed by atoms with Crippen LogP contribution in [-0.4, -0.2) is 41.8 Å². The number of ether oxygens (including phenoxy) is 3. The van der Waals surface area contributed by atoms with Crippen molar-refractivity contribution in [3.8, 4) is 0 Å². The Morgan fingerprint density at radius 1 is 1.25 bits per heavy atom. The van der Waals surface area contributed by atoms with Crippen LogP contribution in [0.2, 0.25) is 0 Å². The van der Waals surface area contributed by atoms with Gasteiger partial charge in [-0.05, 0) is 44.2 Å². The van der Waals surface area contributed by atoms with Gasteiger partial charge in [-0.25, -0.2) is 9.18 Å². The number of hydrogen-bond acceptors (Lipinski definition) is 6. The molecule has 0 N–H and O–H groups in total. The molecular formula is C13H23FO4S2. The van der Waals surface area contributed by atoms with Crippen LogP contribution in [0.3, 0.4) is 0 Å². The molecule has 0 heterocycles. The molecule has 4 nitrogen and oxygen atoms in total. The van der Waals surface area contributed by atoms with E-state index in [9.17, 15) is 9.18 Å². The molecule has 0 aromatic heterocycles. The van der Waals surface area contributed by atoms with Crippen LogP contribution in [0.4, 0.5) is 4.39 Å². The molecule has 0 aromatic carbocycles. The highest BCUT2D eigenvalue weighted by Crippen LogP contribution is 2.22. The molecule has 2 atom stereocenters. The fourth-order valence-corrected chi connectivity index (χ4v) is 2.54. The van der Waals surface area contributed by atoms with Crippen molar-refractivity contribution in [2.45, 2.75) is 51.6 Å². The smallest absolute Gasteiger partial charge is 0.340 e. The number of rotatable bonds is 10. The van der Waals surface area contributed by atoms with Crippen molar-refractivity contribution >= 4 is 34.3 Å². The first-order chi connectivity index (χ1) is 9.54. The van der Waals surface area contributed by atoms with Gasteiger partial charge in [0, 0.05) is 13.0 Å². The number of carbonyl (C=O) groups is 1. The molecular weight excluding hydrogens is 303 g/mol. The number of esters is 1. The summed E-state index contributed by atoms with van der Waals surface area (Å²) in [4.78, 5) is 11.3. The van der Waals surface area contributed by atoms with Gasteiger partial charge in [0.05, 0.1) is 13.2 Å². The molecule has 118 valence electrons. The maximum Gasteiger partial charge on any atom is 0.340 e. The van der Waals surface area contributed by atoms with Crippen LogP contribution in [0.15, 0.2) is 0 Å². The number of halogens is 1. The van der Waals surface area contributed by atoms with Gasteiger partial charge in [0.2, 0.25) is 10.6 Å². The number of thiocarbonyl (C=S) groups is 1. The average Bonchev–Trinajstić information content (AvgIpc) is 2.39. The summed E-state index contributed by atoms with van der Waals surface area (Å²) in [7, 11) is 0. The summed E-state index contributed by atoms with van der Waals surface area (Å²) in [5.41, 5.74) is -0.542. The molecule has 7 heteroatoms. The fourth-order valence-electron chi connectivity index (χ4n) is 1.27. The van der Waals surface area contributed by atoms with Gasteiger partial charge in [0.25, 0.3) is 0 Å². The zero-order valence-corrected chi connectivity index (χ0v) is 13.9. The summed E-state index contributed by atoms with van der Waals surface area (Å²) in [5.74, 6) is -0.862. The Morgan fingerprint density at radius 3 is 2.45 bits per heavy atom. The van der Waals surface area contributed by atoms with Crippen molar-refractivity contribution in [2.24, 2.45) is 0 Å².